The Kier molecular flexibility index (Phi) is 7.08. The summed E-state index contributed by atoms with van der Waals surface area (Å²) in [6, 6.07) is 0. The number of rotatable bonds is 8. The van der Waals surface area contributed by atoms with Gasteiger partial charge in [-0.25, -0.2) is 0 Å². The Bertz CT molecular complexity index is 227. The number of hydrogen-bond acceptors (Lipinski definition) is 4. The fourth-order valence-electron chi connectivity index (χ4n) is 1.12. The van der Waals surface area contributed by atoms with Crippen molar-refractivity contribution in [2.45, 2.75) is 19.3 Å². The molecule has 0 rings (SSSR count). The van der Waals surface area contributed by atoms with E-state index >= 15 is 0 Å². The molecule has 0 saturated carbocycles. The van der Waals surface area contributed by atoms with Crippen LogP contribution in [0.1, 0.15) is 19.3 Å². The Balaban J connectivity index is 3.40. The number of nitrogens with zero attached hydrogens (tertiary/aromatic N) is 1. The van der Waals surface area contributed by atoms with E-state index in [1.54, 1.807) is 0 Å². The monoisotopic (exact) mass is 225 g/mol. The van der Waals surface area contributed by atoms with Gasteiger partial charge in [0.2, 0.25) is 0 Å². The van der Waals surface area contributed by atoms with Crippen molar-refractivity contribution >= 4 is 10.1 Å². The molecule has 5 nitrogen and oxygen atoms in total. The molecule has 0 aliphatic carbocycles. The average Bonchev–Trinajstić information content (AvgIpc) is 2.02. The fraction of sp³-hybridized carbons (Fsp3) is 1.00. The average molecular weight is 225 g/mol. The van der Waals surface area contributed by atoms with Gasteiger partial charge < -0.3 is 10.0 Å². The maximum Gasteiger partial charge on any atom is 0.264 e. The highest BCUT2D eigenvalue weighted by molar-refractivity contribution is 7.85. The molecule has 2 N–H and O–H groups in total. The first-order chi connectivity index (χ1) is 6.45. The van der Waals surface area contributed by atoms with E-state index in [-0.39, 0.29) is 12.4 Å². The predicted molar refractivity (Wildman–Crippen MR) is 54.8 cm³/mol. The van der Waals surface area contributed by atoms with Gasteiger partial charge in [0.05, 0.1) is 5.75 Å². The summed E-state index contributed by atoms with van der Waals surface area (Å²) < 4.78 is 29.2. The van der Waals surface area contributed by atoms with Gasteiger partial charge in [-0.05, 0) is 39.4 Å². The minimum Gasteiger partial charge on any atom is -0.396 e. The molecule has 0 radical (unpaired) electrons. The van der Waals surface area contributed by atoms with E-state index < -0.39 is 10.1 Å². The van der Waals surface area contributed by atoms with E-state index in [1.165, 1.54) is 0 Å². The molecule has 0 heterocycles. The maximum absolute atomic E-state index is 10.4. The number of unbranched alkanes of at least 4 members (excludes halogenated alkanes) is 1. The van der Waals surface area contributed by atoms with Crippen LogP contribution in [0, 0.1) is 0 Å². The topological polar surface area (TPSA) is 77.8 Å². The summed E-state index contributed by atoms with van der Waals surface area (Å²) in [5.41, 5.74) is 0. The van der Waals surface area contributed by atoms with Gasteiger partial charge >= 0.3 is 0 Å². The van der Waals surface area contributed by atoms with Crippen LogP contribution in [-0.2, 0) is 10.1 Å². The van der Waals surface area contributed by atoms with Crippen LogP contribution in [0.15, 0.2) is 0 Å². The van der Waals surface area contributed by atoms with Crippen molar-refractivity contribution in [3.63, 3.8) is 0 Å². The van der Waals surface area contributed by atoms with Crippen molar-refractivity contribution in [3.05, 3.63) is 0 Å². The number of aliphatic hydroxyl groups excluding tert-OH is 1. The standard InChI is InChI=1S/C8H19NO4S/c1-9(5-2-3-7-10)6-4-8-14(11,12)13/h10H,2-8H2,1H3,(H,11,12,13). The van der Waals surface area contributed by atoms with Crippen LogP contribution in [-0.4, -0.2) is 55.5 Å². The van der Waals surface area contributed by atoms with Crippen LogP contribution in [0.3, 0.4) is 0 Å². The zero-order valence-electron chi connectivity index (χ0n) is 8.52. The lowest BCUT2D eigenvalue weighted by molar-refractivity contribution is 0.263. The molecule has 0 spiro atoms. The molecule has 0 fully saturated rings. The van der Waals surface area contributed by atoms with Crippen molar-refractivity contribution in [2.75, 3.05) is 32.5 Å². The third-order valence-electron chi connectivity index (χ3n) is 1.89. The first-order valence-corrected chi connectivity index (χ1v) is 6.31. The fourth-order valence-corrected chi connectivity index (χ4v) is 1.62. The molecule has 86 valence electrons. The van der Waals surface area contributed by atoms with Crippen LogP contribution in [0.25, 0.3) is 0 Å². The maximum atomic E-state index is 10.4. The molecule has 0 aromatic carbocycles. The Labute approximate surface area is 85.5 Å². The Morgan fingerprint density at radius 1 is 1.14 bits per heavy atom. The van der Waals surface area contributed by atoms with Gasteiger partial charge in [-0.2, -0.15) is 8.42 Å². The zero-order chi connectivity index (χ0) is 11.0. The second-order valence-electron chi connectivity index (χ2n) is 3.37. The van der Waals surface area contributed by atoms with Crippen molar-refractivity contribution < 1.29 is 18.1 Å². The lowest BCUT2D eigenvalue weighted by atomic mass is 10.3. The molecule has 0 aliphatic rings. The summed E-state index contributed by atoms with van der Waals surface area (Å²) in [5, 5.41) is 8.53. The Hall–Kier alpha value is -0.170. The SMILES string of the molecule is CN(CCCCO)CCCS(=O)(=O)O. The van der Waals surface area contributed by atoms with E-state index in [1.807, 2.05) is 11.9 Å². The zero-order valence-corrected chi connectivity index (χ0v) is 9.33. The van der Waals surface area contributed by atoms with E-state index in [9.17, 15) is 8.42 Å². The van der Waals surface area contributed by atoms with Crippen molar-refractivity contribution in [1.82, 2.24) is 4.90 Å². The van der Waals surface area contributed by atoms with Crippen LogP contribution in [0.4, 0.5) is 0 Å². The largest absolute Gasteiger partial charge is 0.396 e. The molecular weight excluding hydrogens is 206 g/mol. The first-order valence-electron chi connectivity index (χ1n) is 4.70. The number of hydrogen-bond donors (Lipinski definition) is 2. The molecule has 0 atom stereocenters. The van der Waals surface area contributed by atoms with Crippen LogP contribution < -0.4 is 0 Å². The van der Waals surface area contributed by atoms with Crippen molar-refractivity contribution in [1.29, 1.82) is 0 Å². The molecule has 0 aliphatic heterocycles. The minimum absolute atomic E-state index is 0.183. The molecule has 0 unspecified atom stereocenters. The summed E-state index contributed by atoms with van der Waals surface area (Å²) in [5.74, 6) is -0.183. The first kappa shape index (κ1) is 13.8. The Morgan fingerprint density at radius 2 is 1.71 bits per heavy atom. The predicted octanol–water partition coefficient (Wildman–Crippen LogP) is -0.0314. The summed E-state index contributed by atoms with van der Waals surface area (Å²) in [7, 11) is -1.92. The molecular formula is C8H19NO4S. The van der Waals surface area contributed by atoms with Crippen molar-refractivity contribution in [2.24, 2.45) is 0 Å². The normalized spacial score (nSPS) is 12.3. The minimum atomic E-state index is -3.81. The van der Waals surface area contributed by atoms with E-state index in [0.717, 1.165) is 19.4 Å². The molecule has 0 aromatic rings. The van der Waals surface area contributed by atoms with Gasteiger partial charge in [-0.15, -0.1) is 0 Å². The van der Waals surface area contributed by atoms with Gasteiger partial charge in [0.15, 0.2) is 0 Å². The lowest BCUT2D eigenvalue weighted by Crippen LogP contribution is -2.23. The van der Waals surface area contributed by atoms with E-state index in [0.29, 0.717) is 13.0 Å². The molecule has 6 heteroatoms. The summed E-state index contributed by atoms with van der Waals surface area (Å²) in [6.07, 6.45) is 2.11. The Morgan fingerprint density at radius 3 is 2.21 bits per heavy atom. The highest BCUT2D eigenvalue weighted by Gasteiger charge is 2.05. The van der Waals surface area contributed by atoms with Gasteiger partial charge in [-0.3, -0.25) is 4.55 Å². The van der Waals surface area contributed by atoms with Gasteiger partial charge in [0, 0.05) is 6.61 Å². The molecule has 14 heavy (non-hydrogen) atoms. The second-order valence-corrected chi connectivity index (χ2v) is 4.95. The highest BCUT2D eigenvalue weighted by atomic mass is 32.2. The molecule has 0 aromatic heterocycles. The molecule has 0 bridgehead atoms. The lowest BCUT2D eigenvalue weighted by Gasteiger charge is -2.15. The van der Waals surface area contributed by atoms with Crippen LogP contribution in [0.5, 0.6) is 0 Å². The quantitative estimate of drug-likeness (QED) is 0.448. The third-order valence-corrected chi connectivity index (χ3v) is 2.69. The van der Waals surface area contributed by atoms with Gasteiger partial charge in [0.1, 0.15) is 0 Å². The van der Waals surface area contributed by atoms with Gasteiger partial charge in [-0.1, -0.05) is 0 Å². The summed E-state index contributed by atoms with van der Waals surface area (Å²) >= 11 is 0. The number of aliphatic hydroxyl groups is 1. The highest BCUT2D eigenvalue weighted by Crippen LogP contribution is 1.95. The smallest absolute Gasteiger partial charge is 0.264 e. The van der Waals surface area contributed by atoms with E-state index in [2.05, 4.69) is 0 Å². The summed E-state index contributed by atoms with van der Waals surface area (Å²) in [4.78, 5) is 1.99. The molecule has 0 saturated heterocycles. The van der Waals surface area contributed by atoms with E-state index in [4.69, 9.17) is 9.66 Å². The second kappa shape index (κ2) is 7.17. The molecule has 0 amide bonds. The third kappa shape index (κ3) is 9.91. The van der Waals surface area contributed by atoms with Crippen LogP contribution >= 0.6 is 0 Å². The van der Waals surface area contributed by atoms with Crippen molar-refractivity contribution in [3.8, 4) is 0 Å². The van der Waals surface area contributed by atoms with Gasteiger partial charge in [0.25, 0.3) is 10.1 Å². The summed E-state index contributed by atoms with van der Waals surface area (Å²) in [6.45, 7) is 1.68. The van der Waals surface area contributed by atoms with Crippen LogP contribution in [0.2, 0.25) is 0 Å².